The monoisotopic (exact) mass is 274 g/mol. The molecule has 0 aliphatic heterocycles. The minimum atomic E-state index is -0.0381. The number of benzene rings is 1. The van der Waals surface area contributed by atoms with Crippen LogP contribution in [0.3, 0.4) is 0 Å². The zero-order valence-corrected chi connectivity index (χ0v) is 12.6. The molecule has 20 heavy (non-hydrogen) atoms. The molecule has 3 heteroatoms. The number of carbonyl (C=O) groups is 1. The van der Waals surface area contributed by atoms with Gasteiger partial charge in [0.15, 0.2) is 0 Å². The van der Waals surface area contributed by atoms with Crippen molar-refractivity contribution in [1.29, 1.82) is 0 Å². The molecule has 110 valence electrons. The van der Waals surface area contributed by atoms with Crippen molar-refractivity contribution in [3.05, 3.63) is 29.3 Å². The maximum atomic E-state index is 12.2. The zero-order chi connectivity index (χ0) is 14.5. The van der Waals surface area contributed by atoms with Crippen molar-refractivity contribution in [3.63, 3.8) is 0 Å². The van der Waals surface area contributed by atoms with Gasteiger partial charge >= 0.3 is 0 Å². The highest BCUT2D eigenvalue weighted by atomic mass is 16.1. The first-order valence-electron chi connectivity index (χ1n) is 7.74. The molecule has 1 saturated carbocycles. The molecule has 1 aromatic rings. The lowest BCUT2D eigenvalue weighted by Crippen LogP contribution is -2.31. The fraction of sp³-hybridized carbons (Fsp3) is 0.588. The molecular weight excluding hydrogens is 248 g/mol. The number of nitrogens with two attached hydrogens (primary N) is 1. The SMILES string of the molecule is CCC1CCC(CNC(=O)c2cc(C)ccc2N)CC1. The molecule has 1 aliphatic carbocycles. The summed E-state index contributed by atoms with van der Waals surface area (Å²) in [6.07, 6.45) is 6.39. The van der Waals surface area contributed by atoms with Gasteiger partial charge in [-0.05, 0) is 43.7 Å². The number of nitrogen functional groups attached to an aromatic ring is 1. The molecule has 1 aliphatic rings. The molecule has 0 saturated heterocycles. The van der Waals surface area contributed by atoms with Crippen molar-refractivity contribution >= 4 is 11.6 Å². The molecule has 0 atom stereocenters. The van der Waals surface area contributed by atoms with E-state index in [0.717, 1.165) is 18.0 Å². The molecule has 1 aromatic carbocycles. The third-order valence-electron chi connectivity index (χ3n) is 4.55. The number of hydrogen-bond acceptors (Lipinski definition) is 2. The molecule has 0 bridgehead atoms. The van der Waals surface area contributed by atoms with Gasteiger partial charge < -0.3 is 11.1 Å². The fourth-order valence-corrected chi connectivity index (χ4v) is 3.04. The molecule has 0 aromatic heterocycles. The second-order valence-electron chi connectivity index (χ2n) is 6.10. The lowest BCUT2D eigenvalue weighted by Gasteiger charge is -2.27. The van der Waals surface area contributed by atoms with Crippen LogP contribution in [0.4, 0.5) is 5.69 Å². The summed E-state index contributed by atoms with van der Waals surface area (Å²) in [5.74, 6) is 1.49. The Hall–Kier alpha value is -1.51. The van der Waals surface area contributed by atoms with Gasteiger partial charge in [0.2, 0.25) is 0 Å². The van der Waals surface area contributed by atoms with E-state index in [9.17, 15) is 4.79 Å². The Bertz CT molecular complexity index is 462. The first kappa shape index (κ1) is 14.9. The number of anilines is 1. The maximum absolute atomic E-state index is 12.2. The summed E-state index contributed by atoms with van der Waals surface area (Å²) in [4.78, 5) is 12.2. The minimum absolute atomic E-state index is 0.0381. The highest BCUT2D eigenvalue weighted by molar-refractivity contribution is 5.99. The average molecular weight is 274 g/mol. The van der Waals surface area contributed by atoms with Crippen molar-refractivity contribution in [2.45, 2.75) is 46.0 Å². The van der Waals surface area contributed by atoms with E-state index in [0.29, 0.717) is 17.2 Å². The Morgan fingerprint density at radius 1 is 1.25 bits per heavy atom. The van der Waals surface area contributed by atoms with Gasteiger partial charge in [-0.15, -0.1) is 0 Å². The summed E-state index contributed by atoms with van der Waals surface area (Å²) in [6.45, 7) is 5.03. The highest BCUT2D eigenvalue weighted by Gasteiger charge is 2.20. The average Bonchev–Trinajstić information content (AvgIpc) is 2.47. The topological polar surface area (TPSA) is 55.1 Å². The standard InChI is InChI=1S/C17H26N2O/c1-3-13-5-7-14(8-6-13)11-19-17(20)15-10-12(2)4-9-16(15)18/h4,9-10,13-14H,3,5-8,11,18H2,1-2H3,(H,19,20). The predicted octanol–water partition coefficient (Wildman–Crippen LogP) is 3.52. The van der Waals surface area contributed by atoms with Crippen LogP contribution < -0.4 is 11.1 Å². The number of hydrogen-bond donors (Lipinski definition) is 2. The van der Waals surface area contributed by atoms with Gasteiger partial charge in [-0.2, -0.15) is 0 Å². The number of carbonyl (C=O) groups excluding carboxylic acids is 1. The minimum Gasteiger partial charge on any atom is -0.398 e. The zero-order valence-electron chi connectivity index (χ0n) is 12.6. The molecular formula is C17H26N2O. The Morgan fingerprint density at radius 2 is 1.90 bits per heavy atom. The summed E-state index contributed by atoms with van der Waals surface area (Å²) in [5, 5.41) is 3.05. The van der Waals surface area contributed by atoms with Crippen LogP contribution in [0.15, 0.2) is 18.2 Å². The molecule has 0 spiro atoms. The van der Waals surface area contributed by atoms with Gasteiger partial charge in [0.25, 0.3) is 5.91 Å². The van der Waals surface area contributed by atoms with Gasteiger partial charge in [-0.25, -0.2) is 0 Å². The lowest BCUT2D eigenvalue weighted by molar-refractivity contribution is 0.0942. The quantitative estimate of drug-likeness (QED) is 0.825. The normalized spacial score (nSPS) is 22.5. The van der Waals surface area contributed by atoms with E-state index in [1.165, 1.54) is 32.1 Å². The number of aryl methyl sites for hydroxylation is 1. The number of rotatable bonds is 4. The van der Waals surface area contributed by atoms with E-state index in [2.05, 4.69) is 12.2 Å². The largest absolute Gasteiger partial charge is 0.398 e. The lowest BCUT2D eigenvalue weighted by atomic mass is 9.81. The molecule has 2 rings (SSSR count). The van der Waals surface area contributed by atoms with Crippen molar-refractivity contribution in [2.75, 3.05) is 12.3 Å². The van der Waals surface area contributed by atoms with Crippen LogP contribution in [0.25, 0.3) is 0 Å². The van der Waals surface area contributed by atoms with E-state index in [1.807, 2.05) is 19.1 Å². The van der Waals surface area contributed by atoms with Crippen molar-refractivity contribution in [1.82, 2.24) is 5.32 Å². The molecule has 3 nitrogen and oxygen atoms in total. The Labute approximate surface area is 121 Å². The Balaban J connectivity index is 1.85. The molecule has 1 fully saturated rings. The maximum Gasteiger partial charge on any atom is 0.253 e. The predicted molar refractivity (Wildman–Crippen MR) is 83.7 cm³/mol. The molecule has 1 amide bonds. The first-order chi connectivity index (χ1) is 9.60. The van der Waals surface area contributed by atoms with Gasteiger partial charge in [-0.1, -0.05) is 37.8 Å². The summed E-state index contributed by atoms with van der Waals surface area (Å²) in [5.41, 5.74) is 8.10. The smallest absolute Gasteiger partial charge is 0.253 e. The second-order valence-corrected chi connectivity index (χ2v) is 6.10. The van der Waals surface area contributed by atoms with Gasteiger partial charge in [0.1, 0.15) is 0 Å². The van der Waals surface area contributed by atoms with Gasteiger partial charge in [0.05, 0.1) is 5.56 Å². The van der Waals surface area contributed by atoms with Crippen LogP contribution in [-0.4, -0.2) is 12.5 Å². The second kappa shape index (κ2) is 6.78. The molecule has 0 unspecified atom stereocenters. The van der Waals surface area contributed by atoms with Crippen molar-refractivity contribution in [2.24, 2.45) is 11.8 Å². The van der Waals surface area contributed by atoms with Crippen LogP contribution in [-0.2, 0) is 0 Å². The van der Waals surface area contributed by atoms with Crippen LogP contribution in [0.5, 0.6) is 0 Å². The third kappa shape index (κ3) is 3.75. The van der Waals surface area contributed by atoms with Crippen LogP contribution in [0.1, 0.15) is 54.9 Å². The molecule has 0 heterocycles. The van der Waals surface area contributed by atoms with E-state index >= 15 is 0 Å². The van der Waals surface area contributed by atoms with Crippen LogP contribution in [0.2, 0.25) is 0 Å². The number of amides is 1. The summed E-state index contributed by atoms with van der Waals surface area (Å²) >= 11 is 0. The van der Waals surface area contributed by atoms with Crippen LogP contribution in [0, 0.1) is 18.8 Å². The van der Waals surface area contributed by atoms with E-state index in [-0.39, 0.29) is 5.91 Å². The fourth-order valence-electron chi connectivity index (χ4n) is 3.04. The van der Waals surface area contributed by atoms with Gasteiger partial charge in [-0.3, -0.25) is 4.79 Å². The first-order valence-corrected chi connectivity index (χ1v) is 7.74. The van der Waals surface area contributed by atoms with Crippen molar-refractivity contribution in [3.8, 4) is 0 Å². The molecule has 3 N–H and O–H groups in total. The summed E-state index contributed by atoms with van der Waals surface area (Å²) in [6, 6.07) is 5.59. The Kier molecular flexibility index (Phi) is 5.05. The van der Waals surface area contributed by atoms with Gasteiger partial charge in [0, 0.05) is 12.2 Å². The highest BCUT2D eigenvalue weighted by Crippen LogP contribution is 2.30. The van der Waals surface area contributed by atoms with E-state index in [4.69, 9.17) is 5.73 Å². The number of nitrogens with one attached hydrogen (secondary N) is 1. The van der Waals surface area contributed by atoms with Crippen molar-refractivity contribution < 1.29 is 4.79 Å². The van der Waals surface area contributed by atoms with E-state index < -0.39 is 0 Å². The Morgan fingerprint density at radius 3 is 2.55 bits per heavy atom. The van der Waals surface area contributed by atoms with Crippen LogP contribution >= 0.6 is 0 Å². The summed E-state index contributed by atoms with van der Waals surface area (Å²) in [7, 11) is 0. The summed E-state index contributed by atoms with van der Waals surface area (Å²) < 4.78 is 0. The van der Waals surface area contributed by atoms with E-state index in [1.54, 1.807) is 6.07 Å². The third-order valence-corrected chi connectivity index (χ3v) is 4.55. The molecule has 0 radical (unpaired) electrons.